The number of carbonyl (C=O) groups is 1. The van der Waals surface area contributed by atoms with Gasteiger partial charge in [-0.15, -0.1) is 0 Å². The van der Waals surface area contributed by atoms with E-state index in [0.717, 1.165) is 25.7 Å². The molecule has 0 spiro atoms. The first-order valence-electron chi connectivity index (χ1n) is 8.48. The Hall–Kier alpha value is -1.46. The summed E-state index contributed by atoms with van der Waals surface area (Å²) in [5.74, 6) is 1.19. The molecule has 2 rings (SSSR count). The van der Waals surface area contributed by atoms with Crippen molar-refractivity contribution in [1.82, 2.24) is 5.32 Å². The van der Waals surface area contributed by atoms with Crippen LogP contribution in [0.2, 0.25) is 5.02 Å². The molecule has 0 bridgehead atoms. The Labute approximate surface area is 148 Å². The van der Waals surface area contributed by atoms with Crippen molar-refractivity contribution in [3.63, 3.8) is 0 Å². The van der Waals surface area contributed by atoms with Gasteiger partial charge in [0.25, 0.3) is 5.91 Å². The van der Waals surface area contributed by atoms with Crippen LogP contribution in [0.1, 0.15) is 49.9 Å². The highest BCUT2D eigenvalue weighted by Gasteiger charge is 2.41. The number of carbonyl (C=O) groups excluding carboxylic acids is 1. The van der Waals surface area contributed by atoms with E-state index in [1.54, 1.807) is 12.1 Å². The maximum Gasteiger partial charge on any atom is 0.251 e. The zero-order chi connectivity index (χ0) is 17.7. The summed E-state index contributed by atoms with van der Waals surface area (Å²) in [5, 5.41) is 3.42. The van der Waals surface area contributed by atoms with Crippen LogP contribution < -0.4 is 20.5 Å². The Balaban J connectivity index is 2.18. The molecule has 1 aliphatic rings. The number of amides is 1. The summed E-state index contributed by atoms with van der Waals surface area (Å²) in [6.07, 6.45) is 4.15. The normalized spacial score (nSPS) is 16.4. The monoisotopic (exact) mass is 354 g/mol. The van der Waals surface area contributed by atoms with Crippen LogP contribution in [0.25, 0.3) is 0 Å². The van der Waals surface area contributed by atoms with Crippen LogP contribution >= 0.6 is 11.6 Å². The number of rotatable bonds is 9. The van der Waals surface area contributed by atoms with E-state index in [2.05, 4.69) is 12.2 Å². The molecule has 5 nitrogen and oxygen atoms in total. The summed E-state index contributed by atoms with van der Waals surface area (Å²) in [6, 6.07) is 3.27. The molecule has 1 fully saturated rings. The summed E-state index contributed by atoms with van der Waals surface area (Å²) in [5.41, 5.74) is 5.93. The third kappa shape index (κ3) is 4.33. The minimum absolute atomic E-state index is 0.199. The number of halogens is 1. The van der Waals surface area contributed by atoms with Crippen LogP contribution in [0.3, 0.4) is 0 Å². The van der Waals surface area contributed by atoms with Gasteiger partial charge in [-0.2, -0.15) is 0 Å². The van der Waals surface area contributed by atoms with E-state index >= 15 is 0 Å². The molecule has 1 saturated carbocycles. The van der Waals surface area contributed by atoms with Gasteiger partial charge in [0, 0.05) is 12.1 Å². The lowest BCUT2D eigenvalue weighted by atomic mass is 9.95. The molecule has 6 heteroatoms. The van der Waals surface area contributed by atoms with Crippen molar-refractivity contribution in [3.8, 4) is 11.5 Å². The Morgan fingerprint density at radius 3 is 2.71 bits per heavy atom. The van der Waals surface area contributed by atoms with Crippen molar-refractivity contribution in [3.05, 3.63) is 22.7 Å². The van der Waals surface area contributed by atoms with Crippen molar-refractivity contribution in [2.75, 3.05) is 20.3 Å². The first kappa shape index (κ1) is 18.9. The Morgan fingerprint density at radius 1 is 1.46 bits per heavy atom. The Kier molecular flexibility index (Phi) is 6.35. The van der Waals surface area contributed by atoms with Crippen LogP contribution in [-0.4, -0.2) is 31.7 Å². The third-order valence-electron chi connectivity index (χ3n) is 4.54. The molecule has 1 atom stereocenters. The van der Waals surface area contributed by atoms with Crippen LogP contribution in [0.15, 0.2) is 12.1 Å². The highest BCUT2D eigenvalue weighted by atomic mass is 35.5. The number of unbranched alkanes of at least 4 members (excludes halogenated alkanes) is 1. The van der Waals surface area contributed by atoms with Crippen molar-refractivity contribution in [2.45, 2.75) is 45.1 Å². The van der Waals surface area contributed by atoms with Gasteiger partial charge in [0.2, 0.25) is 0 Å². The zero-order valence-electron chi connectivity index (χ0n) is 14.7. The molecule has 1 amide bonds. The standard InChI is InChI=1S/C18H27ClN2O3/c1-4-5-8-24-16-14(19)9-12(10-15(16)23-3)17(22)21-18(2,11-20)13-6-7-13/h9-10,13H,4-8,11,20H2,1-3H3,(H,21,22). The van der Waals surface area contributed by atoms with Crippen LogP contribution in [0.5, 0.6) is 11.5 Å². The summed E-state index contributed by atoms with van der Waals surface area (Å²) in [7, 11) is 1.54. The first-order valence-corrected chi connectivity index (χ1v) is 8.86. The number of hydrogen-bond donors (Lipinski definition) is 2. The SMILES string of the molecule is CCCCOc1c(Cl)cc(C(=O)NC(C)(CN)C2CC2)cc1OC. The van der Waals surface area contributed by atoms with Crippen molar-refractivity contribution >= 4 is 17.5 Å². The fraction of sp³-hybridized carbons (Fsp3) is 0.611. The van der Waals surface area contributed by atoms with Crippen LogP contribution in [0.4, 0.5) is 0 Å². The minimum atomic E-state index is -0.382. The zero-order valence-corrected chi connectivity index (χ0v) is 15.4. The number of nitrogens with two attached hydrogens (primary N) is 1. The van der Waals surface area contributed by atoms with Crippen molar-refractivity contribution in [1.29, 1.82) is 0 Å². The second kappa shape index (κ2) is 8.08. The second-order valence-electron chi connectivity index (χ2n) is 6.54. The molecule has 0 radical (unpaired) electrons. The summed E-state index contributed by atoms with van der Waals surface area (Å²) >= 11 is 6.31. The number of hydrogen-bond acceptors (Lipinski definition) is 4. The van der Waals surface area contributed by atoms with Gasteiger partial charge in [0.15, 0.2) is 11.5 Å². The van der Waals surface area contributed by atoms with Gasteiger partial charge < -0.3 is 20.5 Å². The van der Waals surface area contributed by atoms with E-state index in [1.807, 2.05) is 6.92 Å². The molecule has 0 aromatic heterocycles. The van der Waals surface area contributed by atoms with Crippen LogP contribution in [-0.2, 0) is 0 Å². The van der Waals surface area contributed by atoms with E-state index in [-0.39, 0.29) is 11.4 Å². The third-order valence-corrected chi connectivity index (χ3v) is 4.82. The van der Waals surface area contributed by atoms with Crippen LogP contribution in [0, 0.1) is 5.92 Å². The van der Waals surface area contributed by atoms with Gasteiger partial charge in [-0.3, -0.25) is 4.79 Å². The van der Waals surface area contributed by atoms with Gasteiger partial charge in [-0.25, -0.2) is 0 Å². The molecule has 0 aliphatic heterocycles. The number of ether oxygens (including phenoxy) is 2. The maximum absolute atomic E-state index is 12.6. The molecular formula is C18H27ClN2O3. The molecular weight excluding hydrogens is 328 g/mol. The van der Waals surface area contributed by atoms with Gasteiger partial charge in [0.1, 0.15) is 0 Å². The largest absolute Gasteiger partial charge is 0.493 e. The smallest absolute Gasteiger partial charge is 0.251 e. The van der Waals surface area contributed by atoms with Gasteiger partial charge >= 0.3 is 0 Å². The Morgan fingerprint density at radius 2 is 2.17 bits per heavy atom. The molecule has 1 aromatic carbocycles. The molecule has 1 aliphatic carbocycles. The lowest BCUT2D eigenvalue weighted by Gasteiger charge is -2.29. The van der Waals surface area contributed by atoms with E-state index in [1.165, 1.54) is 7.11 Å². The number of nitrogens with one attached hydrogen (secondary N) is 1. The van der Waals surface area contributed by atoms with E-state index in [9.17, 15) is 4.79 Å². The predicted molar refractivity (Wildman–Crippen MR) is 96.1 cm³/mol. The van der Waals surface area contributed by atoms with Gasteiger partial charge in [-0.1, -0.05) is 24.9 Å². The maximum atomic E-state index is 12.6. The van der Waals surface area contributed by atoms with E-state index in [0.29, 0.717) is 41.2 Å². The number of benzene rings is 1. The molecule has 134 valence electrons. The van der Waals surface area contributed by atoms with Gasteiger partial charge in [0.05, 0.1) is 24.3 Å². The second-order valence-corrected chi connectivity index (χ2v) is 6.95. The lowest BCUT2D eigenvalue weighted by molar-refractivity contribution is 0.0897. The molecule has 0 saturated heterocycles. The molecule has 24 heavy (non-hydrogen) atoms. The topological polar surface area (TPSA) is 73.6 Å². The predicted octanol–water partition coefficient (Wildman–Crippen LogP) is 3.38. The average molecular weight is 355 g/mol. The Bertz CT molecular complexity index is 590. The molecule has 0 heterocycles. The fourth-order valence-corrected chi connectivity index (χ4v) is 2.95. The summed E-state index contributed by atoms with van der Waals surface area (Å²) in [6.45, 7) is 5.05. The highest BCUT2D eigenvalue weighted by molar-refractivity contribution is 6.32. The summed E-state index contributed by atoms with van der Waals surface area (Å²) < 4.78 is 11.0. The highest BCUT2D eigenvalue weighted by Crippen LogP contribution is 2.40. The molecule has 3 N–H and O–H groups in total. The minimum Gasteiger partial charge on any atom is -0.493 e. The fourth-order valence-electron chi connectivity index (χ4n) is 2.68. The lowest BCUT2D eigenvalue weighted by Crippen LogP contribution is -2.53. The quantitative estimate of drug-likeness (QED) is 0.667. The van der Waals surface area contributed by atoms with Crippen molar-refractivity contribution in [2.24, 2.45) is 11.7 Å². The molecule has 1 unspecified atom stereocenters. The van der Waals surface area contributed by atoms with Crippen molar-refractivity contribution < 1.29 is 14.3 Å². The van der Waals surface area contributed by atoms with Gasteiger partial charge in [-0.05, 0) is 44.2 Å². The van der Waals surface area contributed by atoms with E-state index < -0.39 is 0 Å². The summed E-state index contributed by atoms with van der Waals surface area (Å²) in [4.78, 5) is 12.6. The molecule has 1 aromatic rings. The first-order chi connectivity index (χ1) is 11.4. The number of methoxy groups -OCH3 is 1. The van der Waals surface area contributed by atoms with E-state index in [4.69, 9.17) is 26.8 Å². The average Bonchev–Trinajstić information content (AvgIpc) is 3.41.